The summed E-state index contributed by atoms with van der Waals surface area (Å²) in [6.45, 7) is 2.15. The molecule has 0 fully saturated rings. The number of nitrogens with zero attached hydrogens (tertiary/aromatic N) is 3. The van der Waals surface area contributed by atoms with Crippen molar-refractivity contribution in [3.63, 3.8) is 0 Å². The minimum Gasteiger partial charge on any atom is -0.298 e. The van der Waals surface area contributed by atoms with Crippen LogP contribution < -0.4 is 15.9 Å². The first-order valence-corrected chi connectivity index (χ1v) is 10.7. The number of fused-ring (bicyclic) bond motifs is 2. The fourth-order valence-electron chi connectivity index (χ4n) is 3.06. The third kappa shape index (κ3) is 3.66. The third-order valence-electron chi connectivity index (χ3n) is 4.42. The van der Waals surface area contributed by atoms with E-state index >= 15 is 0 Å². The van der Waals surface area contributed by atoms with Gasteiger partial charge in [0.1, 0.15) is 5.70 Å². The summed E-state index contributed by atoms with van der Waals surface area (Å²) in [4.78, 5) is 17.8. The smallest absolute Gasteiger partial charge is 0.276 e. The van der Waals surface area contributed by atoms with Crippen LogP contribution in [-0.4, -0.2) is 21.8 Å². The summed E-state index contributed by atoms with van der Waals surface area (Å²) < 4.78 is 1.00. The minimum atomic E-state index is -0.365. The van der Waals surface area contributed by atoms with E-state index in [2.05, 4.69) is 28.2 Å². The van der Waals surface area contributed by atoms with Gasteiger partial charge in [0, 0.05) is 15.4 Å². The van der Waals surface area contributed by atoms with Crippen molar-refractivity contribution in [1.82, 2.24) is 10.3 Å². The monoisotopic (exact) mass is 442 g/mol. The average Bonchev–Trinajstić information content (AvgIpc) is 2.68. The maximum absolute atomic E-state index is 12.9. The summed E-state index contributed by atoms with van der Waals surface area (Å²) in [7, 11) is 0. The van der Waals surface area contributed by atoms with Crippen LogP contribution in [0.4, 0.5) is 0 Å². The number of para-hydroxylation sites is 1. The van der Waals surface area contributed by atoms with E-state index in [1.54, 1.807) is 16.8 Å². The second-order valence-corrected chi connectivity index (χ2v) is 8.33. The zero-order chi connectivity index (χ0) is 18.8. The highest BCUT2D eigenvalue weighted by molar-refractivity contribution is 9.10. The first-order valence-electron chi connectivity index (χ1n) is 8.92. The number of unbranched alkanes of at least 4 members (excludes halogenated alkanes) is 1. The zero-order valence-electron chi connectivity index (χ0n) is 14.9. The molecule has 2 heterocycles. The lowest BCUT2D eigenvalue weighted by molar-refractivity contribution is -0.116. The molecule has 0 bridgehead atoms. The number of rotatable bonds is 4. The molecule has 0 saturated heterocycles. The Bertz CT molecular complexity index is 1020. The van der Waals surface area contributed by atoms with Crippen LogP contribution in [0.1, 0.15) is 31.5 Å². The van der Waals surface area contributed by atoms with Gasteiger partial charge in [-0.1, -0.05) is 71.4 Å². The van der Waals surface area contributed by atoms with Crippen LogP contribution in [0.15, 0.2) is 63.1 Å². The molecule has 1 amide bonds. The molecule has 0 saturated carbocycles. The second kappa shape index (κ2) is 7.86. The van der Waals surface area contributed by atoms with E-state index in [1.807, 2.05) is 48.5 Å². The highest BCUT2D eigenvalue weighted by Gasteiger charge is 2.34. The number of hydrogen-bond acceptors (Lipinski definition) is 5. The number of amides is 1. The van der Waals surface area contributed by atoms with Crippen molar-refractivity contribution in [3.05, 3.63) is 69.1 Å². The van der Waals surface area contributed by atoms with Gasteiger partial charge in [0.2, 0.25) is 0 Å². The molecular weight excluding hydrogens is 424 g/mol. The number of nitrogens with one attached hydrogen (secondary N) is 1. The molecule has 1 atom stereocenters. The van der Waals surface area contributed by atoms with Crippen molar-refractivity contribution < 1.29 is 4.79 Å². The summed E-state index contributed by atoms with van der Waals surface area (Å²) in [5.74, 6) is 0.795. The van der Waals surface area contributed by atoms with Crippen LogP contribution in [0, 0.1) is 0 Å². The van der Waals surface area contributed by atoms with Crippen LogP contribution in [0.25, 0.3) is 5.70 Å². The topological polar surface area (TPSA) is 57.1 Å². The Labute approximate surface area is 170 Å². The SMILES string of the molecule is CCCCSC1=NN2C(=c3ccccc3=NC2c2ccc(Br)cc2)C(=O)N1. The number of benzene rings is 2. The summed E-state index contributed by atoms with van der Waals surface area (Å²) in [5.41, 5.74) is 1.54. The predicted octanol–water partition coefficient (Wildman–Crippen LogP) is 3.13. The fraction of sp³-hybridized carbons (Fsp3) is 0.250. The van der Waals surface area contributed by atoms with Gasteiger partial charge in [-0.2, -0.15) is 0 Å². The quantitative estimate of drug-likeness (QED) is 0.739. The minimum absolute atomic E-state index is 0.131. The molecule has 2 aliphatic rings. The van der Waals surface area contributed by atoms with Gasteiger partial charge in [-0.25, -0.2) is 5.01 Å². The molecule has 0 spiro atoms. The number of hydrogen-bond donors (Lipinski definition) is 1. The largest absolute Gasteiger partial charge is 0.298 e. The maximum atomic E-state index is 12.9. The fourth-order valence-corrected chi connectivity index (χ4v) is 4.26. The standard InChI is InChI=1S/C20H19BrN4OS/c1-2-3-12-27-20-23-19(26)17-15-6-4-5-7-16(15)22-18(25(17)24-20)13-8-10-14(21)11-9-13/h4-11,18H,2-3,12H2,1H3,(H,23,24,26). The molecule has 2 aromatic carbocycles. The molecule has 0 radical (unpaired) electrons. The van der Waals surface area contributed by atoms with E-state index in [4.69, 9.17) is 10.1 Å². The highest BCUT2D eigenvalue weighted by Crippen LogP contribution is 2.31. The van der Waals surface area contributed by atoms with Crippen molar-refractivity contribution in [1.29, 1.82) is 0 Å². The lowest BCUT2D eigenvalue weighted by Crippen LogP contribution is -2.50. The molecule has 2 aromatic rings. The normalized spacial score (nSPS) is 18.2. The number of thioether (sulfide) groups is 1. The Kier molecular flexibility index (Phi) is 5.31. The third-order valence-corrected chi connectivity index (χ3v) is 5.90. The van der Waals surface area contributed by atoms with E-state index in [9.17, 15) is 4.79 Å². The molecule has 138 valence electrons. The van der Waals surface area contributed by atoms with Crippen LogP contribution in [0.5, 0.6) is 0 Å². The molecule has 0 aromatic heterocycles. The van der Waals surface area contributed by atoms with Gasteiger partial charge in [-0.05, 0) is 30.2 Å². The molecule has 1 unspecified atom stereocenters. The average molecular weight is 443 g/mol. The Morgan fingerprint density at radius 2 is 1.96 bits per heavy atom. The lowest BCUT2D eigenvalue weighted by Gasteiger charge is -2.34. The van der Waals surface area contributed by atoms with Crippen LogP contribution in [-0.2, 0) is 4.79 Å². The van der Waals surface area contributed by atoms with Crippen molar-refractivity contribution >= 4 is 44.5 Å². The van der Waals surface area contributed by atoms with Crippen molar-refractivity contribution in [2.24, 2.45) is 10.1 Å². The number of carbonyl (C=O) groups is 1. The van der Waals surface area contributed by atoms with Gasteiger partial charge in [0.25, 0.3) is 5.91 Å². The van der Waals surface area contributed by atoms with E-state index < -0.39 is 0 Å². The van der Waals surface area contributed by atoms with E-state index in [0.29, 0.717) is 10.9 Å². The van der Waals surface area contributed by atoms with Crippen LogP contribution in [0.2, 0.25) is 0 Å². The zero-order valence-corrected chi connectivity index (χ0v) is 17.3. The second-order valence-electron chi connectivity index (χ2n) is 6.33. The number of carbonyl (C=O) groups excluding carboxylic acids is 1. The van der Waals surface area contributed by atoms with Crippen molar-refractivity contribution in [2.45, 2.75) is 25.9 Å². The number of amidine groups is 1. The van der Waals surface area contributed by atoms with E-state index in [-0.39, 0.29) is 12.1 Å². The predicted molar refractivity (Wildman–Crippen MR) is 112 cm³/mol. The summed E-state index contributed by atoms with van der Waals surface area (Å²) in [6, 6.07) is 15.7. The Morgan fingerprint density at radius 1 is 1.19 bits per heavy atom. The van der Waals surface area contributed by atoms with Crippen LogP contribution in [0.3, 0.4) is 0 Å². The van der Waals surface area contributed by atoms with Gasteiger partial charge in [0.05, 0.1) is 5.36 Å². The first-order chi connectivity index (χ1) is 13.2. The lowest BCUT2D eigenvalue weighted by atomic mass is 10.1. The Hall–Kier alpha value is -2.12. The summed E-state index contributed by atoms with van der Waals surface area (Å²) >= 11 is 5.05. The molecule has 1 N–H and O–H groups in total. The van der Waals surface area contributed by atoms with Crippen molar-refractivity contribution in [2.75, 3.05) is 5.75 Å². The highest BCUT2D eigenvalue weighted by atomic mass is 79.9. The van der Waals surface area contributed by atoms with Crippen molar-refractivity contribution in [3.8, 4) is 0 Å². The Balaban J connectivity index is 1.83. The van der Waals surface area contributed by atoms with E-state index in [1.165, 1.54) is 0 Å². The number of hydrazone groups is 1. The van der Waals surface area contributed by atoms with Gasteiger partial charge in [0.15, 0.2) is 11.3 Å². The van der Waals surface area contributed by atoms with Crippen LogP contribution >= 0.6 is 27.7 Å². The van der Waals surface area contributed by atoms with E-state index in [0.717, 1.165) is 39.2 Å². The first kappa shape index (κ1) is 18.3. The molecule has 27 heavy (non-hydrogen) atoms. The molecule has 2 aliphatic heterocycles. The van der Waals surface area contributed by atoms with Gasteiger partial charge in [-0.3, -0.25) is 15.1 Å². The molecule has 7 heteroatoms. The summed E-state index contributed by atoms with van der Waals surface area (Å²) in [6.07, 6.45) is 1.83. The molecule has 5 nitrogen and oxygen atoms in total. The van der Waals surface area contributed by atoms with Gasteiger partial charge in [-0.15, -0.1) is 5.10 Å². The maximum Gasteiger partial charge on any atom is 0.276 e. The van der Waals surface area contributed by atoms with Gasteiger partial charge < -0.3 is 0 Å². The molecule has 4 rings (SSSR count). The molecule has 0 aliphatic carbocycles. The Morgan fingerprint density at radius 3 is 2.74 bits per heavy atom. The number of halogens is 1. The van der Waals surface area contributed by atoms with Gasteiger partial charge >= 0.3 is 0 Å². The summed E-state index contributed by atoms with van der Waals surface area (Å²) in [5, 5.41) is 11.7. The molecular formula is C20H19BrN4OS.